The molecule has 0 aromatic rings. The molecule has 5 atom stereocenters. The van der Waals surface area contributed by atoms with Crippen LogP contribution in [0, 0.1) is 11.8 Å². The van der Waals surface area contributed by atoms with E-state index in [1.165, 1.54) is 0 Å². The monoisotopic (exact) mass is 198 g/mol. The molecule has 2 saturated heterocycles. The van der Waals surface area contributed by atoms with Crippen molar-refractivity contribution in [1.82, 2.24) is 0 Å². The molecule has 0 aliphatic carbocycles. The van der Waals surface area contributed by atoms with Crippen LogP contribution in [0.4, 0.5) is 0 Å². The Morgan fingerprint density at radius 1 is 1.00 bits per heavy atom. The molecule has 0 radical (unpaired) electrons. The van der Waals surface area contributed by atoms with Gasteiger partial charge in [0.2, 0.25) is 0 Å². The Labute approximate surface area is 86.6 Å². The van der Waals surface area contributed by atoms with Gasteiger partial charge in [-0.1, -0.05) is 13.8 Å². The molecular weight excluding hydrogens is 176 g/mol. The summed E-state index contributed by atoms with van der Waals surface area (Å²) in [6.45, 7) is 10.5. The summed E-state index contributed by atoms with van der Waals surface area (Å²) in [5.41, 5.74) is -0.840. The highest BCUT2D eigenvalue weighted by molar-refractivity contribution is 5.11. The molecule has 2 nitrogen and oxygen atoms in total. The van der Waals surface area contributed by atoms with Crippen LogP contribution in [0.15, 0.2) is 0 Å². The third-order valence-corrected chi connectivity index (χ3v) is 5.17. The summed E-state index contributed by atoms with van der Waals surface area (Å²) >= 11 is 0. The summed E-state index contributed by atoms with van der Waals surface area (Å²) in [6, 6.07) is 0. The summed E-state index contributed by atoms with van der Waals surface area (Å²) < 4.78 is 6.17. The molecule has 0 amide bonds. The Morgan fingerprint density at radius 2 is 1.36 bits per heavy atom. The lowest BCUT2D eigenvalue weighted by molar-refractivity contribution is -0.255. The summed E-state index contributed by atoms with van der Waals surface area (Å²) in [5, 5.41) is 10.5. The summed E-state index contributed by atoms with van der Waals surface area (Å²) in [5.74, 6) is 0.418. The van der Waals surface area contributed by atoms with Gasteiger partial charge in [0, 0.05) is 11.8 Å². The van der Waals surface area contributed by atoms with E-state index >= 15 is 0 Å². The molecular formula is C12H22O2. The normalized spacial score (nSPS) is 63.0. The molecule has 0 spiro atoms. The van der Waals surface area contributed by atoms with Crippen LogP contribution in [0.2, 0.25) is 0 Å². The van der Waals surface area contributed by atoms with Gasteiger partial charge < -0.3 is 9.84 Å². The third kappa shape index (κ3) is 1.04. The van der Waals surface area contributed by atoms with Gasteiger partial charge in [-0.3, -0.25) is 0 Å². The fourth-order valence-electron chi connectivity index (χ4n) is 3.35. The zero-order chi connectivity index (χ0) is 10.8. The molecule has 2 fully saturated rings. The number of ether oxygens (including phenoxy) is 1. The van der Waals surface area contributed by atoms with E-state index in [2.05, 4.69) is 27.7 Å². The summed E-state index contributed by atoms with van der Waals surface area (Å²) in [6.07, 6.45) is 2.15. The Morgan fingerprint density at radius 3 is 1.71 bits per heavy atom. The molecule has 82 valence electrons. The second kappa shape index (κ2) is 2.53. The van der Waals surface area contributed by atoms with Crippen LogP contribution in [0.5, 0.6) is 0 Å². The first kappa shape index (κ1) is 10.4. The Hall–Kier alpha value is -0.0800. The molecule has 0 aromatic heterocycles. The maximum Gasteiger partial charge on any atom is 0.0725 e. The Balaban J connectivity index is 2.44. The van der Waals surface area contributed by atoms with Gasteiger partial charge in [-0.15, -0.1) is 0 Å². The van der Waals surface area contributed by atoms with Crippen LogP contribution in [0.1, 0.15) is 47.5 Å². The predicted molar refractivity (Wildman–Crippen MR) is 56.1 cm³/mol. The highest BCUT2D eigenvalue weighted by atomic mass is 16.5. The average Bonchev–Trinajstić information content (AvgIpc) is 2.39. The van der Waals surface area contributed by atoms with Gasteiger partial charge in [-0.2, -0.15) is 0 Å². The van der Waals surface area contributed by atoms with Crippen LogP contribution in [-0.4, -0.2) is 21.9 Å². The van der Waals surface area contributed by atoms with Crippen LogP contribution in [0.3, 0.4) is 0 Å². The van der Waals surface area contributed by atoms with Gasteiger partial charge in [0.1, 0.15) is 0 Å². The second-order valence-corrected chi connectivity index (χ2v) is 5.90. The minimum atomic E-state index is -0.599. The fraction of sp³-hybridized carbons (Fsp3) is 1.00. The largest absolute Gasteiger partial charge is 0.389 e. The quantitative estimate of drug-likeness (QED) is 0.647. The molecule has 2 heteroatoms. The number of hydrogen-bond donors (Lipinski definition) is 1. The molecule has 0 saturated carbocycles. The molecule has 14 heavy (non-hydrogen) atoms. The molecule has 2 aliphatic rings. The lowest BCUT2D eigenvalue weighted by Gasteiger charge is -2.53. The van der Waals surface area contributed by atoms with Gasteiger partial charge in [-0.25, -0.2) is 0 Å². The topological polar surface area (TPSA) is 29.5 Å². The zero-order valence-electron chi connectivity index (χ0n) is 9.92. The minimum absolute atomic E-state index is 0.120. The smallest absolute Gasteiger partial charge is 0.0725 e. The van der Waals surface area contributed by atoms with E-state index in [4.69, 9.17) is 4.74 Å². The van der Waals surface area contributed by atoms with E-state index in [0.717, 1.165) is 12.8 Å². The van der Waals surface area contributed by atoms with E-state index in [9.17, 15) is 5.11 Å². The van der Waals surface area contributed by atoms with Crippen LogP contribution < -0.4 is 0 Å². The number of aliphatic hydroxyl groups is 1. The predicted octanol–water partition coefficient (Wildman–Crippen LogP) is 2.35. The Bertz CT molecular complexity index is 237. The fourth-order valence-corrected chi connectivity index (χ4v) is 3.35. The van der Waals surface area contributed by atoms with Gasteiger partial charge in [0.15, 0.2) is 0 Å². The van der Waals surface area contributed by atoms with Crippen molar-refractivity contribution < 1.29 is 9.84 Å². The van der Waals surface area contributed by atoms with E-state index in [-0.39, 0.29) is 23.0 Å². The SMILES string of the molecule is C[C@@H]1C(C)(O)[C@H](C)[C@]2(C)CC[C@@]1(C)O2. The first-order chi connectivity index (χ1) is 6.22. The van der Waals surface area contributed by atoms with E-state index in [1.54, 1.807) is 0 Å². The van der Waals surface area contributed by atoms with E-state index in [0.29, 0.717) is 0 Å². The zero-order valence-corrected chi connectivity index (χ0v) is 9.92. The lowest BCUT2D eigenvalue weighted by Crippen LogP contribution is -2.61. The molecule has 0 aromatic carbocycles. The van der Waals surface area contributed by atoms with Crippen molar-refractivity contribution >= 4 is 0 Å². The van der Waals surface area contributed by atoms with Crippen LogP contribution in [-0.2, 0) is 4.74 Å². The lowest BCUT2D eigenvalue weighted by atomic mass is 9.67. The minimum Gasteiger partial charge on any atom is -0.389 e. The molecule has 2 aliphatic heterocycles. The second-order valence-electron chi connectivity index (χ2n) is 5.90. The molecule has 2 rings (SSSR count). The summed E-state index contributed by atoms with van der Waals surface area (Å²) in [7, 11) is 0. The highest BCUT2D eigenvalue weighted by Gasteiger charge is 2.62. The van der Waals surface area contributed by atoms with Gasteiger partial charge in [-0.05, 0) is 33.6 Å². The van der Waals surface area contributed by atoms with Crippen molar-refractivity contribution in [2.24, 2.45) is 11.8 Å². The van der Waals surface area contributed by atoms with Gasteiger partial charge in [0.05, 0.1) is 16.8 Å². The number of hydrogen-bond acceptors (Lipinski definition) is 2. The van der Waals surface area contributed by atoms with E-state index < -0.39 is 5.60 Å². The summed E-state index contributed by atoms with van der Waals surface area (Å²) in [4.78, 5) is 0. The van der Waals surface area contributed by atoms with Crippen molar-refractivity contribution in [3.05, 3.63) is 0 Å². The maximum absolute atomic E-state index is 10.5. The van der Waals surface area contributed by atoms with Gasteiger partial charge in [0.25, 0.3) is 0 Å². The first-order valence-electron chi connectivity index (χ1n) is 5.65. The van der Waals surface area contributed by atoms with Gasteiger partial charge >= 0.3 is 0 Å². The average molecular weight is 198 g/mol. The third-order valence-electron chi connectivity index (χ3n) is 5.17. The molecule has 2 heterocycles. The maximum atomic E-state index is 10.5. The van der Waals surface area contributed by atoms with Crippen molar-refractivity contribution in [2.45, 2.75) is 64.3 Å². The van der Waals surface area contributed by atoms with Crippen LogP contribution >= 0.6 is 0 Å². The molecule has 2 bridgehead atoms. The van der Waals surface area contributed by atoms with Crippen molar-refractivity contribution in [2.75, 3.05) is 0 Å². The Kier molecular flexibility index (Phi) is 1.89. The standard InChI is InChI=1S/C12H22O2/c1-8-10(3)6-7-11(4,14-10)9(2)12(8,5)13/h8-9,13H,6-7H2,1-5H3/t8-,9+,10+,11-,12?. The highest BCUT2D eigenvalue weighted by Crippen LogP contribution is 2.57. The van der Waals surface area contributed by atoms with E-state index in [1.807, 2.05) is 6.92 Å². The molecule has 1 N–H and O–H groups in total. The molecule has 1 unspecified atom stereocenters. The number of fused-ring (bicyclic) bond motifs is 2. The van der Waals surface area contributed by atoms with Crippen molar-refractivity contribution in [3.63, 3.8) is 0 Å². The number of rotatable bonds is 0. The van der Waals surface area contributed by atoms with Crippen molar-refractivity contribution in [1.29, 1.82) is 0 Å². The van der Waals surface area contributed by atoms with Crippen molar-refractivity contribution in [3.8, 4) is 0 Å². The van der Waals surface area contributed by atoms with Crippen LogP contribution in [0.25, 0.3) is 0 Å². The first-order valence-corrected chi connectivity index (χ1v) is 5.65.